The summed E-state index contributed by atoms with van der Waals surface area (Å²) in [6, 6.07) is 0.913. The average molecular weight is 420 g/mol. The lowest BCUT2D eigenvalue weighted by Crippen LogP contribution is -2.57. The summed E-state index contributed by atoms with van der Waals surface area (Å²) in [6.07, 6.45) is 13.0. The summed E-state index contributed by atoms with van der Waals surface area (Å²) in [5.74, 6) is 1.11. The van der Waals surface area contributed by atoms with Gasteiger partial charge in [0.05, 0.1) is 5.60 Å². The van der Waals surface area contributed by atoms with Gasteiger partial charge < -0.3 is 19.9 Å². The predicted molar refractivity (Wildman–Crippen MR) is 117 cm³/mol. The molecule has 0 aromatic heterocycles. The zero-order chi connectivity index (χ0) is 21.1. The Balaban J connectivity index is 1.29. The largest absolute Gasteiger partial charge is 0.375 e. The van der Waals surface area contributed by atoms with Crippen LogP contribution in [0.4, 0.5) is 4.79 Å². The minimum atomic E-state index is -0.156. The Hall–Kier alpha value is -1.30. The third kappa shape index (κ3) is 5.30. The average Bonchev–Trinajstić information content (AvgIpc) is 3.39. The smallest absolute Gasteiger partial charge is 0.318 e. The Morgan fingerprint density at radius 2 is 1.77 bits per heavy atom. The molecule has 1 unspecified atom stereocenters. The molecular weight excluding hydrogens is 378 g/mol. The maximum absolute atomic E-state index is 12.8. The highest BCUT2D eigenvalue weighted by atomic mass is 16.5. The van der Waals surface area contributed by atoms with Gasteiger partial charge in [-0.3, -0.25) is 4.79 Å². The summed E-state index contributed by atoms with van der Waals surface area (Å²) in [6.45, 7) is 6.37. The minimum absolute atomic E-state index is 0.0917. The Morgan fingerprint density at radius 3 is 2.40 bits per heavy atom. The molecule has 1 spiro atoms. The third-order valence-corrected chi connectivity index (χ3v) is 7.72. The highest BCUT2D eigenvalue weighted by Crippen LogP contribution is 2.40. The first-order valence-corrected chi connectivity index (χ1v) is 12.5. The number of likely N-dealkylation sites (tertiary alicyclic amines) is 1. The summed E-state index contributed by atoms with van der Waals surface area (Å²) < 4.78 is 6.32. The topological polar surface area (TPSA) is 61.9 Å². The lowest BCUT2D eigenvalue weighted by molar-refractivity contribution is -0.148. The molecule has 4 aliphatic rings. The fourth-order valence-electron chi connectivity index (χ4n) is 5.84. The van der Waals surface area contributed by atoms with Crippen molar-refractivity contribution in [3.8, 4) is 0 Å². The summed E-state index contributed by atoms with van der Waals surface area (Å²) >= 11 is 0. The predicted octanol–water partition coefficient (Wildman–Crippen LogP) is 4.08. The van der Waals surface area contributed by atoms with Crippen molar-refractivity contribution >= 4 is 11.9 Å². The lowest BCUT2D eigenvalue weighted by atomic mass is 9.81. The van der Waals surface area contributed by atoms with E-state index >= 15 is 0 Å². The van der Waals surface area contributed by atoms with Crippen molar-refractivity contribution in [1.82, 2.24) is 15.1 Å². The van der Waals surface area contributed by atoms with Gasteiger partial charge in [0.15, 0.2) is 0 Å². The van der Waals surface area contributed by atoms with Gasteiger partial charge in [-0.2, -0.15) is 0 Å². The third-order valence-electron chi connectivity index (χ3n) is 7.72. The molecule has 170 valence electrons. The number of piperidine rings is 1. The first-order chi connectivity index (χ1) is 14.5. The number of hydrogen-bond acceptors (Lipinski definition) is 3. The second-order valence-corrected chi connectivity index (χ2v) is 10.5. The first kappa shape index (κ1) is 21.9. The van der Waals surface area contributed by atoms with Gasteiger partial charge in [0.2, 0.25) is 5.91 Å². The van der Waals surface area contributed by atoms with E-state index in [1.54, 1.807) is 0 Å². The van der Waals surface area contributed by atoms with Crippen LogP contribution in [0.15, 0.2) is 0 Å². The highest BCUT2D eigenvalue weighted by Gasteiger charge is 2.46. The summed E-state index contributed by atoms with van der Waals surface area (Å²) in [5, 5.41) is 3.11. The zero-order valence-corrected chi connectivity index (χ0v) is 19.0. The molecule has 2 saturated carbocycles. The molecule has 1 N–H and O–H groups in total. The van der Waals surface area contributed by atoms with Gasteiger partial charge in [-0.05, 0) is 64.7 Å². The molecule has 2 saturated heterocycles. The normalized spacial score (nSPS) is 26.9. The van der Waals surface area contributed by atoms with Crippen LogP contribution in [0, 0.1) is 5.92 Å². The molecule has 1 atom stereocenters. The molecule has 4 fully saturated rings. The van der Waals surface area contributed by atoms with Crippen LogP contribution in [0.25, 0.3) is 0 Å². The maximum Gasteiger partial charge on any atom is 0.318 e. The quantitative estimate of drug-likeness (QED) is 0.706. The Kier molecular flexibility index (Phi) is 6.91. The van der Waals surface area contributed by atoms with Crippen LogP contribution in [0.2, 0.25) is 0 Å². The second-order valence-electron chi connectivity index (χ2n) is 10.5. The van der Waals surface area contributed by atoms with Crippen molar-refractivity contribution in [3.05, 3.63) is 0 Å². The van der Waals surface area contributed by atoms with Crippen molar-refractivity contribution in [3.63, 3.8) is 0 Å². The molecule has 2 aliphatic carbocycles. The van der Waals surface area contributed by atoms with Crippen molar-refractivity contribution in [1.29, 1.82) is 0 Å². The van der Waals surface area contributed by atoms with Crippen LogP contribution >= 0.6 is 0 Å². The molecule has 0 aromatic carbocycles. The monoisotopic (exact) mass is 419 g/mol. The molecule has 0 aromatic rings. The van der Waals surface area contributed by atoms with Crippen LogP contribution in [-0.2, 0) is 9.53 Å². The molecule has 6 heteroatoms. The van der Waals surface area contributed by atoms with Crippen molar-refractivity contribution in [2.75, 3.05) is 19.7 Å². The van der Waals surface area contributed by atoms with E-state index < -0.39 is 0 Å². The van der Waals surface area contributed by atoms with E-state index in [1.165, 1.54) is 25.7 Å². The molecule has 2 aliphatic heterocycles. The first-order valence-electron chi connectivity index (χ1n) is 12.5. The van der Waals surface area contributed by atoms with Crippen molar-refractivity contribution in [2.45, 2.75) is 115 Å². The van der Waals surface area contributed by atoms with E-state index in [4.69, 9.17) is 4.74 Å². The van der Waals surface area contributed by atoms with Crippen LogP contribution in [0.5, 0.6) is 0 Å². The number of nitrogens with one attached hydrogen (secondary N) is 1. The van der Waals surface area contributed by atoms with E-state index in [9.17, 15) is 9.59 Å². The lowest BCUT2D eigenvalue weighted by Gasteiger charge is -2.48. The van der Waals surface area contributed by atoms with Crippen LogP contribution in [0.3, 0.4) is 0 Å². The van der Waals surface area contributed by atoms with E-state index in [0.29, 0.717) is 18.4 Å². The SMILES string of the molecule is CC(C)NC(=O)N(C1CC1)C1CCOC2(CCN(C(=O)CCC3CCCC3)CC2)C1. The van der Waals surface area contributed by atoms with Crippen LogP contribution in [-0.4, -0.2) is 65.2 Å². The molecule has 4 rings (SSSR count). The highest BCUT2D eigenvalue weighted by molar-refractivity contribution is 5.76. The number of hydrogen-bond donors (Lipinski definition) is 1. The van der Waals surface area contributed by atoms with Gasteiger partial charge >= 0.3 is 6.03 Å². The number of ether oxygens (including phenoxy) is 1. The Morgan fingerprint density at radius 1 is 1.07 bits per heavy atom. The van der Waals surface area contributed by atoms with E-state index in [2.05, 4.69) is 15.1 Å². The number of nitrogens with zero attached hydrogens (tertiary/aromatic N) is 2. The van der Waals surface area contributed by atoms with Gasteiger partial charge in [-0.1, -0.05) is 25.7 Å². The molecule has 2 heterocycles. The van der Waals surface area contributed by atoms with Gasteiger partial charge in [0.1, 0.15) is 0 Å². The van der Waals surface area contributed by atoms with E-state index in [1.807, 2.05) is 13.8 Å². The molecular formula is C24H41N3O3. The zero-order valence-electron chi connectivity index (χ0n) is 19.0. The van der Waals surface area contributed by atoms with E-state index in [0.717, 1.165) is 70.6 Å². The molecule has 0 bridgehead atoms. The second kappa shape index (κ2) is 9.46. The van der Waals surface area contributed by atoms with E-state index in [-0.39, 0.29) is 23.7 Å². The van der Waals surface area contributed by atoms with Gasteiger partial charge in [0, 0.05) is 44.2 Å². The molecule has 6 nitrogen and oxygen atoms in total. The number of carbonyl (C=O) groups excluding carboxylic acids is 2. The van der Waals surface area contributed by atoms with Crippen molar-refractivity contribution in [2.24, 2.45) is 5.92 Å². The minimum Gasteiger partial charge on any atom is -0.375 e. The number of urea groups is 1. The Bertz CT molecular complexity index is 605. The van der Waals surface area contributed by atoms with Crippen molar-refractivity contribution < 1.29 is 14.3 Å². The van der Waals surface area contributed by atoms with Gasteiger partial charge in [-0.25, -0.2) is 4.79 Å². The van der Waals surface area contributed by atoms with Crippen LogP contribution < -0.4 is 5.32 Å². The molecule has 3 amide bonds. The summed E-state index contributed by atoms with van der Waals surface area (Å²) in [7, 11) is 0. The summed E-state index contributed by atoms with van der Waals surface area (Å²) in [5.41, 5.74) is -0.156. The maximum atomic E-state index is 12.8. The molecule has 30 heavy (non-hydrogen) atoms. The standard InChI is InChI=1S/C24H41N3O3/c1-18(2)25-23(29)27(20-8-9-20)21-11-16-30-24(17-21)12-14-26(15-13-24)22(28)10-7-19-5-3-4-6-19/h18-21H,3-17H2,1-2H3,(H,25,29). The number of carbonyl (C=O) groups is 2. The van der Waals surface area contributed by atoms with Crippen LogP contribution in [0.1, 0.15) is 90.9 Å². The summed E-state index contributed by atoms with van der Waals surface area (Å²) in [4.78, 5) is 29.8. The van der Waals surface area contributed by atoms with Gasteiger partial charge in [0.25, 0.3) is 0 Å². The fourth-order valence-corrected chi connectivity index (χ4v) is 5.84. The number of rotatable bonds is 6. The fraction of sp³-hybridized carbons (Fsp3) is 0.917. The number of amides is 3. The Labute approximate surface area is 182 Å². The molecule has 0 radical (unpaired) electrons. The van der Waals surface area contributed by atoms with Gasteiger partial charge in [-0.15, -0.1) is 0 Å².